The highest BCUT2D eigenvalue weighted by Crippen LogP contribution is 2.53. The minimum Gasteiger partial charge on any atom is -0.504 e. The Hall–Kier alpha value is -5.08. The van der Waals surface area contributed by atoms with Crippen molar-refractivity contribution in [2.75, 3.05) is 52.5 Å². The molecule has 336 valence electrons. The van der Waals surface area contributed by atoms with E-state index in [0.717, 1.165) is 48.6 Å². The van der Waals surface area contributed by atoms with Crippen LogP contribution in [-0.4, -0.2) is 79.6 Å². The van der Waals surface area contributed by atoms with Crippen LogP contribution < -0.4 is 20.9 Å². The van der Waals surface area contributed by atoms with Gasteiger partial charge in [0.05, 0.1) is 56.1 Å². The normalized spacial score (nSPS) is 20.1. The van der Waals surface area contributed by atoms with Crippen LogP contribution in [0.1, 0.15) is 98.9 Å². The zero-order chi connectivity index (χ0) is 44.5. The third-order valence-electron chi connectivity index (χ3n) is 14.1. The molecule has 0 saturated heterocycles. The smallest absolute Gasteiger partial charge is 0.309 e. The van der Waals surface area contributed by atoms with E-state index >= 15 is 4.79 Å². The lowest BCUT2D eigenvalue weighted by atomic mass is 9.78. The first kappa shape index (κ1) is 44.5. The lowest BCUT2D eigenvalue weighted by Crippen LogP contribution is -2.27. The topological polar surface area (TPSA) is 198 Å². The standard InChI is InChI=1S/C50H59NO12/c1-26-19-34-33(14-9-27-5-10-29(11-6-27)50(59)63-18-17-60-2)46(56)42-36(51-23-28-7-12-30(13-8-28)49(58)62-16-4-15-52)21-31(24-53)38-39-32(25-54)22-37(55)43-45(39)41(40(34)44(38)42)35(20-26)48(61-3)47(43)57/h19,21-22,27-30,51-54,57H,4-18,20,23-25H2,1-3H3. The Morgan fingerprint density at radius 3 is 1.97 bits per heavy atom. The first-order valence-corrected chi connectivity index (χ1v) is 22.5. The molecule has 5 aromatic carbocycles. The second kappa shape index (κ2) is 18.9. The van der Waals surface area contributed by atoms with Crippen LogP contribution in [-0.2, 0) is 49.9 Å². The molecule has 3 aliphatic carbocycles. The fraction of sp³-hybridized carbons (Fsp3) is 0.520. The molecule has 0 unspecified atom stereocenters. The van der Waals surface area contributed by atoms with Crippen LogP contribution in [0.5, 0.6) is 11.5 Å². The predicted molar refractivity (Wildman–Crippen MR) is 242 cm³/mol. The van der Waals surface area contributed by atoms with E-state index in [2.05, 4.69) is 11.4 Å². The SMILES string of the molecule is COCCOC(=O)C1CCC(CCc2c3c4c5c(c(OC)c(O)c6c(=O)cc(CO)c(c7c(CO)cc(NCC8CCC(C(=O)OCCCO)CC8)c(c2=O)c74)c65)CC(C)=C3)CC1. The molecule has 0 amide bonds. The van der Waals surface area contributed by atoms with Crippen molar-refractivity contribution in [3.05, 3.63) is 66.0 Å². The summed E-state index contributed by atoms with van der Waals surface area (Å²) in [4.78, 5) is 55.0. The van der Waals surface area contributed by atoms with Gasteiger partial charge in [-0.05, 0) is 140 Å². The summed E-state index contributed by atoms with van der Waals surface area (Å²) >= 11 is 0. The number of ether oxygens (including phenoxy) is 4. The number of esters is 2. The second-order valence-corrected chi connectivity index (χ2v) is 17.9. The number of anilines is 1. The van der Waals surface area contributed by atoms with Crippen LogP contribution in [0.4, 0.5) is 5.69 Å². The fourth-order valence-corrected chi connectivity index (χ4v) is 11.0. The molecule has 13 heteroatoms. The van der Waals surface area contributed by atoms with Gasteiger partial charge in [-0.1, -0.05) is 11.6 Å². The molecular formula is C50H59NO12. The molecule has 0 aromatic heterocycles. The molecule has 3 aliphatic rings. The van der Waals surface area contributed by atoms with E-state index in [9.17, 15) is 29.7 Å². The second-order valence-electron chi connectivity index (χ2n) is 17.9. The summed E-state index contributed by atoms with van der Waals surface area (Å²) in [6.07, 6.45) is 9.97. The average molecular weight is 866 g/mol. The van der Waals surface area contributed by atoms with Gasteiger partial charge in [-0.2, -0.15) is 0 Å². The summed E-state index contributed by atoms with van der Waals surface area (Å²) < 4.78 is 21.8. The number of aromatic hydroxyl groups is 1. The first-order chi connectivity index (χ1) is 30.5. The number of carbonyl (C=O) groups excluding carboxylic acids is 2. The van der Waals surface area contributed by atoms with Gasteiger partial charge in [0.15, 0.2) is 22.4 Å². The summed E-state index contributed by atoms with van der Waals surface area (Å²) in [5.74, 6) is -0.407. The number of fused-ring (bicyclic) bond motifs is 1. The molecule has 0 spiro atoms. The number of carbonyl (C=O) groups is 2. The van der Waals surface area contributed by atoms with Crippen LogP contribution in [0, 0.1) is 23.7 Å². The number of allylic oxidation sites excluding steroid dienone is 1. The molecule has 8 rings (SSSR count). The third kappa shape index (κ3) is 8.17. The van der Waals surface area contributed by atoms with Crippen molar-refractivity contribution >= 4 is 66.8 Å². The van der Waals surface area contributed by atoms with Crippen LogP contribution in [0.2, 0.25) is 0 Å². The van der Waals surface area contributed by atoms with Gasteiger partial charge in [0, 0.05) is 54.3 Å². The minimum atomic E-state index is -0.485. The van der Waals surface area contributed by atoms with E-state index in [1.807, 2.05) is 13.0 Å². The predicted octanol–water partition coefficient (Wildman–Crippen LogP) is 6.63. The van der Waals surface area contributed by atoms with Crippen molar-refractivity contribution in [1.82, 2.24) is 0 Å². The van der Waals surface area contributed by atoms with Crippen LogP contribution in [0.3, 0.4) is 0 Å². The van der Waals surface area contributed by atoms with Gasteiger partial charge >= 0.3 is 11.9 Å². The molecule has 13 nitrogen and oxygen atoms in total. The summed E-state index contributed by atoms with van der Waals surface area (Å²) in [6, 6.07) is 3.14. The van der Waals surface area contributed by atoms with Crippen LogP contribution in [0.25, 0.3) is 49.2 Å². The maximum absolute atomic E-state index is 15.5. The Morgan fingerprint density at radius 1 is 0.730 bits per heavy atom. The summed E-state index contributed by atoms with van der Waals surface area (Å²) in [7, 11) is 3.04. The van der Waals surface area contributed by atoms with Gasteiger partial charge in [0.2, 0.25) is 0 Å². The Kier molecular flexibility index (Phi) is 13.4. The van der Waals surface area contributed by atoms with Crippen molar-refractivity contribution in [3.8, 4) is 11.5 Å². The highest BCUT2D eigenvalue weighted by atomic mass is 16.6. The molecule has 0 atom stereocenters. The van der Waals surface area contributed by atoms with Crippen molar-refractivity contribution < 1.29 is 49.0 Å². The van der Waals surface area contributed by atoms with Gasteiger partial charge < -0.3 is 44.7 Å². The number of aliphatic hydroxyl groups is 3. The minimum absolute atomic E-state index is 0.0353. The third-order valence-corrected chi connectivity index (χ3v) is 14.1. The van der Waals surface area contributed by atoms with E-state index < -0.39 is 18.6 Å². The van der Waals surface area contributed by atoms with E-state index in [1.54, 1.807) is 7.11 Å². The Balaban J connectivity index is 1.27. The number of phenolic OH excluding ortho intramolecular Hbond substituents is 1. The number of hydrogen-bond donors (Lipinski definition) is 5. The lowest BCUT2D eigenvalue weighted by molar-refractivity contribution is -0.151. The maximum Gasteiger partial charge on any atom is 0.309 e. The van der Waals surface area contributed by atoms with Crippen molar-refractivity contribution in [2.24, 2.45) is 23.7 Å². The molecule has 63 heavy (non-hydrogen) atoms. The van der Waals surface area contributed by atoms with E-state index in [0.29, 0.717) is 118 Å². The van der Waals surface area contributed by atoms with Crippen LogP contribution >= 0.6 is 0 Å². The molecule has 0 aliphatic heterocycles. The number of methoxy groups -OCH3 is 2. The largest absolute Gasteiger partial charge is 0.504 e. The molecule has 0 radical (unpaired) electrons. The number of phenols is 1. The summed E-state index contributed by atoms with van der Waals surface area (Å²) in [5, 5.41) is 50.7. The summed E-state index contributed by atoms with van der Waals surface area (Å²) in [6.45, 7) is 2.36. The first-order valence-electron chi connectivity index (χ1n) is 22.5. The number of benzene rings is 5. The van der Waals surface area contributed by atoms with Gasteiger partial charge in [-0.15, -0.1) is 0 Å². The molecule has 0 heterocycles. The molecule has 0 bridgehead atoms. The maximum atomic E-state index is 15.5. The van der Waals surface area contributed by atoms with Crippen molar-refractivity contribution in [3.63, 3.8) is 0 Å². The number of aliphatic hydroxyl groups excluding tert-OH is 3. The Labute approximate surface area is 365 Å². The van der Waals surface area contributed by atoms with E-state index in [-0.39, 0.29) is 77.7 Å². The molecular weight excluding hydrogens is 807 g/mol. The highest BCUT2D eigenvalue weighted by Gasteiger charge is 2.34. The molecule has 5 aromatic rings. The number of rotatable bonds is 17. The van der Waals surface area contributed by atoms with E-state index in [1.165, 1.54) is 13.2 Å². The monoisotopic (exact) mass is 865 g/mol. The molecule has 2 fully saturated rings. The lowest BCUT2D eigenvalue weighted by Gasteiger charge is -2.29. The molecule has 2 saturated carbocycles. The Morgan fingerprint density at radius 2 is 1.35 bits per heavy atom. The zero-order valence-electron chi connectivity index (χ0n) is 36.5. The Bertz CT molecular complexity index is 2670. The number of hydrogen-bond acceptors (Lipinski definition) is 13. The quantitative estimate of drug-likeness (QED) is 0.0289. The van der Waals surface area contributed by atoms with Crippen molar-refractivity contribution in [2.45, 2.75) is 97.2 Å². The summed E-state index contributed by atoms with van der Waals surface area (Å²) in [5.41, 5.74) is 3.80. The van der Waals surface area contributed by atoms with Crippen LogP contribution in [0.15, 0.2) is 27.3 Å². The van der Waals surface area contributed by atoms with Gasteiger partial charge in [-0.25, -0.2) is 0 Å². The van der Waals surface area contributed by atoms with Crippen molar-refractivity contribution in [1.29, 1.82) is 0 Å². The fourth-order valence-electron chi connectivity index (χ4n) is 11.0. The van der Waals surface area contributed by atoms with E-state index in [4.69, 9.17) is 24.1 Å². The average Bonchev–Trinajstić information content (AvgIpc) is 3.44. The molecule has 5 N–H and O–H groups in total. The number of nitrogens with one attached hydrogen (secondary N) is 1. The van der Waals surface area contributed by atoms with Gasteiger partial charge in [0.25, 0.3) is 0 Å². The zero-order valence-corrected chi connectivity index (χ0v) is 36.5. The van der Waals surface area contributed by atoms with Gasteiger partial charge in [-0.3, -0.25) is 19.2 Å². The van der Waals surface area contributed by atoms with Gasteiger partial charge in [0.1, 0.15) is 6.61 Å². The highest BCUT2D eigenvalue weighted by molar-refractivity contribution is 6.38.